The predicted octanol–water partition coefficient (Wildman–Crippen LogP) is 2.53. The van der Waals surface area contributed by atoms with Gasteiger partial charge in [0.25, 0.3) is 0 Å². The van der Waals surface area contributed by atoms with Crippen LogP contribution in [0, 0.1) is 0 Å². The van der Waals surface area contributed by atoms with Crippen LogP contribution in [0.15, 0.2) is 57.2 Å². The van der Waals surface area contributed by atoms with Gasteiger partial charge in [-0.05, 0) is 54.6 Å². The Balaban J connectivity index is 1.76. The standard InChI is InChI=1S/C21H23N3O6S3/c1-29-14-5-7-15(8-6-14)31-11-3-4-19(25)23-21-24(13-20(26)30-2)17-10-9-16(33(22,27)28)12-18(17)32-21/h5-10,12H,3-4,11,13H2,1-2H3,(H2,22,27,28). The highest BCUT2D eigenvalue weighted by Gasteiger charge is 2.15. The SMILES string of the molecule is COC(=O)Cn1c(=NC(=O)CCCSc2ccc(OC)cc2)sc2cc(S(N)(=O)=O)ccc21. The second kappa shape index (κ2) is 11.0. The Bertz CT molecular complexity index is 1330. The van der Waals surface area contributed by atoms with E-state index in [1.165, 1.54) is 29.9 Å². The van der Waals surface area contributed by atoms with Crippen LogP contribution in [-0.4, -0.2) is 44.8 Å². The van der Waals surface area contributed by atoms with Gasteiger partial charge in [-0.15, -0.1) is 11.8 Å². The van der Waals surface area contributed by atoms with Crippen molar-refractivity contribution in [1.82, 2.24) is 4.57 Å². The molecule has 33 heavy (non-hydrogen) atoms. The number of primary sulfonamides is 1. The molecule has 3 aromatic rings. The lowest BCUT2D eigenvalue weighted by atomic mass is 10.3. The number of benzene rings is 2. The van der Waals surface area contributed by atoms with Crippen molar-refractivity contribution >= 4 is 55.2 Å². The topological polar surface area (TPSA) is 130 Å². The van der Waals surface area contributed by atoms with E-state index < -0.39 is 16.0 Å². The van der Waals surface area contributed by atoms with E-state index in [1.54, 1.807) is 18.9 Å². The zero-order chi connectivity index (χ0) is 24.0. The van der Waals surface area contributed by atoms with Gasteiger partial charge in [0.2, 0.25) is 15.9 Å². The number of hydrogen-bond acceptors (Lipinski definition) is 8. The number of fused-ring (bicyclic) bond motifs is 1. The minimum Gasteiger partial charge on any atom is -0.497 e. The first-order chi connectivity index (χ1) is 15.7. The molecule has 12 heteroatoms. The lowest BCUT2D eigenvalue weighted by Gasteiger charge is -2.04. The van der Waals surface area contributed by atoms with Crippen molar-refractivity contribution in [2.45, 2.75) is 29.2 Å². The fraction of sp³-hybridized carbons (Fsp3) is 0.286. The average molecular weight is 510 g/mol. The fourth-order valence-electron chi connectivity index (χ4n) is 2.91. The third-order valence-electron chi connectivity index (χ3n) is 4.58. The van der Waals surface area contributed by atoms with Gasteiger partial charge in [-0.2, -0.15) is 4.99 Å². The van der Waals surface area contributed by atoms with Gasteiger partial charge in [0.15, 0.2) is 4.80 Å². The maximum atomic E-state index is 12.5. The molecule has 176 valence electrons. The number of nitrogens with zero attached hydrogens (tertiary/aromatic N) is 2. The maximum absolute atomic E-state index is 12.5. The van der Waals surface area contributed by atoms with Crippen LogP contribution in [0.3, 0.4) is 0 Å². The zero-order valence-electron chi connectivity index (χ0n) is 18.0. The third-order valence-corrected chi connectivity index (χ3v) is 7.63. The van der Waals surface area contributed by atoms with Crippen molar-refractivity contribution in [3.05, 3.63) is 47.3 Å². The summed E-state index contributed by atoms with van der Waals surface area (Å²) in [5.41, 5.74) is 0.555. The van der Waals surface area contributed by atoms with Crippen LogP contribution in [0.25, 0.3) is 10.2 Å². The Morgan fingerprint density at radius 3 is 2.52 bits per heavy atom. The summed E-state index contributed by atoms with van der Waals surface area (Å²) in [6.07, 6.45) is 0.856. The monoisotopic (exact) mass is 509 g/mol. The molecule has 0 bridgehead atoms. The highest BCUT2D eigenvalue weighted by atomic mass is 32.2. The van der Waals surface area contributed by atoms with Gasteiger partial charge in [-0.3, -0.25) is 9.59 Å². The van der Waals surface area contributed by atoms with Crippen LogP contribution < -0.4 is 14.7 Å². The number of hydrogen-bond donors (Lipinski definition) is 1. The van der Waals surface area contributed by atoms with E-state index in [2.05, 4.69) is 4.99 Å². The molecule has 0 unspecified atom stereocenters. The molecule has 0 radical (unpaired) electrons. The smallest absolute Gasteiger partial charge is 0.325 e. The molecule has 3 rings (SSSR count). The van der Waals surface area contributed by atoms with Gasteiger partial charge in [0.1, 0.15) is 12.3 Å². The van der Waals surface area contributed by atoms with E-state index in [-0.39, 0.29) is 28.6 Å². The Morgan fingerprint density at radius 2 is 1.88 bits per heavy atom. The number of carbonyl (C=O) groups excluding carboxylic acids is 2. The normalized spacial score (nSPS) is 12.2. The molecular formula is C21H23N3O6S3. The zero-order valence-corrected chi connectivity index (χ0v) is 20.5. The summed E-state index contributed by atoms with van der Waals surface area (Å²) in [6, 6.07) is 12.0. The first-order valence-corrected chi connectivity index (χ1v) is 13.1. The Kier molecular flexibility index (Phi) is 8.30. The third kappa shape index (κ3) is 6.67. The van der Waals surface area contributed by atoms with E-state index in [9.17, 15) is 18.0 Å². The van der Waals surface area contributed by atoms with E-state index in [4.69, 9.17) is 14.6 Å². The van der Waals surface area contributed by atoms with Gasteiger partial charge in [-0.25, -0.2) is 13.6 Å². The number of methoxy groups -OCH3 is 2. The molecule has 9 nitrogen and oxygen atoms in total. The predicted molar refractivity (Wildman–Crippen MR) is 127 cm³/mol. The number of nitrogens with two attached hydrogens (primary N) is 1. The molecule has 0 spiro atoms. The van der Waals surface area contributed by atoms with Crippen LogP contribution in [0.1, 0.15) is 12.8 Å². The van der Waals surface area contributed by atoms with Crippen molar-refractivity contribution in [3.8, 4) is 5.75 Å². The van der Waals surface area contributed by atoms with E-state index >= 15 is 0 Å². The lowest BCUT2D eigenvalue weighted by Crippen LogP contribution is -2.22. The number of thioether (sulfide) groups is 1. The van der Waals surface area contributed by atoms with Gasteiger partial charge in [0.05, 0.1) is 29.3 Å². The van der Waals surface area contributed by atoms with Gasteiger partial charge >= 0.3 is 5.97 Å². The van der Waals surface area contributed by atoms with Gasteiger partial charge in [-0.1, -0.05) is 11.3 Å². The quantitative estimate of drug-likeness (QED) is 0.266. The number of ether oxygens (including phenoxy) is 2. The van der Waals surface area contributed by atoms with E-state index in [0.717, 1.165) is 27.7 Å². The summed E-state index contributed by atoms with van der Waals surface area (Å²) in [5, 5.41) is 5.21. The van der Waals surface area contributed by atoms with Crippen molar-refractivity contribution in [2.75, 3.05) is 20.0 Å². The number of thiazole rings is 1. The fourth-order valence-corrected chi connectivity index (χ4v) is 5.46. The number of carbonyl (C=O) groups is 2. The molecule has 0 aliphatic rings. The molecule has 0 atom stereocenters. The Morgan fingerprint density at radius 1 is 1.15 bits per heavy atom. The molecule has 2 aromatic carbocycles. The molecule has 0 fully saturated rings. The molecule has 1 heterocycles. The van der Waals surface area contributed by atoms with Crippen molar-refractivity contribution < 1.29 is 27.5 Å². The average Bonchev–Trinajstić information content (AvgIpc) is 3.12. The molecule has 0 aliphatic carbocycles. The van der Waals surface area contributed by atoms with E-state index in [1.807, 2.05) is 24.3 Å². The summed E-state index contributed by atoms with van der Waals surface area (Å²) in [5.74, 6) is 0.671. The second-order valence-electron chi connectivity index (χ2n) is 6.85. The number of aromatic nitrogens is 1. The molecule has 1 amide bonds. The van der Waals surface area contributed by atoms with Crippen LogP contribution in [0.4, 0.5) is 0 Å². The molecular weight excluding hydrogens is 486 g/mol. The van der Waals surface area contributed by atoms with Crippen LogP contribution >= 0.6 is 23.1 Å². The summed E-state index contributed by atoms with van der Waals surface area (Å²) in [6.45, 7) is -0.162. The molecule has 0 saturated carbocycles. The summed E-state index contributed by atoms with van der Waals surface area (Å²) >= 11 is 2.73. The molecule has 1 aromatic heterocycles. The highest BCUT2D eigenvalue weighted by Crippen LogP contribution is 2.23. The van der Waals surface area contributed by atoms with Crippen molar-refractivity contribution in [1.29, 1.82) is 0 Å². The minimum atomic E-state index is -3.89. The van der Waals surface area contributed by atoms with Crippen LogP contribution in [0.2, 0.25) is 0 Å². The lowest BCUT2D eigenvalue weighted by molar-refractivity contribution is -0.141. The first kappa shape index (κ1) is 25.0. The summed E-state index contributed by atoms with van der Waals surface area (Å²) in [4.78, 5) is 29.8. The highest BCUT2D eigenvalue weighted by molar-refractivity contribution is 7.99. The first-order valence-electron chi connectivity index (χ1n) is 9.78. The summed E-state index contributed by atoms with van der Waals surface area (Å²) in [7, 11) is -1.02. The van der Waals surface area contributed by atoms with Crippen LogP contribution in [-0.2, 0) is 30.9 Å². The molecule has 2 N–H and O–H groups in total. The number of esters is 1. The van der Waals surface area contributed by atoms with Crippen molar-refractivity contribution in [2.24, 2.45) is 10.1 Å². The second-order valence-corrected chi connectivity index (χ2v) is 10.6. The van der Waals surface area contributed by atoms with Gasteiger partial charge in [0, 0.05) is 11.3 Å². The maximum Gasteiger partial charge on any atom is 0.325 e. The molecule has 0 saturated heterocycles. The van der Waals surface area contributed by atoms with Crippen molar-refractivity contribution in [3.63, 3.8) is 0 Å². The number of sulfonamides is 1. The number of rotatable bonds is 9. The van der Waals surface area contributed by atoms with Gasteiger partial charge < -0.3 is 14.0 Å². The van der Waals surface area contributed by atoms with E-state index in [0.29, 0.717) is 16.6 Å². The van der Waals surface area contributed by atoms with Crippen LogP contribution in [0.5, 0.6) is 5.75 Å². The largest absolute Gasteiger partial charge is 0.497 e. The number of amides is 1. The Labute approximate surface area is 199 Å². The molecule has 0 aliphatic heterocycles. The Hall–Kier alpha value is -2.67. The minimum absolute atomic E-state index is 0.0603. The summed E-state index contributed by atoms with van der Waals surface area (Å²) < 4.78 is 35.3.